The van der Waals surface area contributed by atoms with Gasteiger partial charge in [0.1, 0.15) is 5.75 Å². The largest absolute Gasteiger partial charge is 0.496 e. The molecule has 0 aliphatic carbocycles. The summed E-state index contributed by atoms with van der Waals surface area (Å²) in [4.78, 5) is 36.5. The molecule has 0 fully saturated rings. The van der Waals surface area contributed by atoms with Gasteiger partial charge in [0.25, 0.3) is 5.91 Å². The number of ketones is 1. The van der Waals surface area contributed by atoms with E-state index in [0.717, 1.165) is 5.56 Å². The van der Waals surface area contributed by atoms with E-state index in [1.54, 1.807) is 24.3 Å². The first-order chi connectivity index (χ1) is 13.5. The van der Waals surface area contributed by atoms with Gasteiger partial charge < -0.3 is 14.2 Å². The number of nitrogens with one attached hydrogen (secondary N) is 2. The Hall–Kier alpha value is -3.55. The third kappa shape index (κ3) is 4.40. The number of amides is 2. The van der Waals surface area contributed by atoms with Crippen molar-refractivity contribution >= 4 is 17.6 Å². The standard InChI is InChI=1S/C20H20N2O6/c1-12-3-6-16(26-2)14(9-12)15(23)5-8-19(24)21-22-20(25)13-4-7-17-18(10-13)28-11-27-17/h3-4,6-7,9-10H,5,8,11H2,1-2H3,(H,21,24)(H,22,25). The van der Waals surface area contributed by atoms with Gasteiger partial charge in [-0.25, -0.2) is 0 Å². The lowest BCUT2D eigenvalue weighted by Gasteiger charge is -2.10. The van der Waals surface area contributed by atoms with Gasteiger partial charge in [-0.1, -0.05) is 11.6 Å². The Labute approximate surface area is 161 Å². The van der Waals surface area contributed by atoms with Crippen molar-refractivity contribution in [2.45, 2.75) is 19.8 Å². The maximum atomic E-state index is 12.4. The van der Waals surface area contributed by atoms with Crippen molar-refractivity contribution in [1.29, 1.82) is 0 Å². The van der Waals surface area contributed by atoms with E-state index in [-0.39, 0.29) is 25.4 Å². The highest BCUT2D eigenvalue weighted by Crippen LogP contribution is 2.32. The number of aryl methyl sites for hydroxylation is 1. The molecule has 0 saturated heterocycles. The zero-order valence-electron chi connectivity index (χ0n) is 15.5. The van der Waals surface area contributed by atoms with E-state index in [0.29, 0.717) is 28.4 Å². The van der Waals surface area contributed by atoms with Crippen LogP contribution in [0.3, 0.4) is 0 Å². The molecule has 28 heavy (non-hydrogen) atoms. The molecule has 0 atom stereocenters. The van der Waals surface area contributed by atoms with Gasteiger partial charge in [0.2, 0.25) is 12.7 Å². The van der Waals surface area contributed by atoms with Gasteiger partial charge in [-0.05, 0) is 37.3 Å². The number of benzene rings is 2. The van der Waals surface area contributed by atoms with Gasteiger partial charge in [0, 0.05) is 18.4 Å². The van der Waals surface area contributed by atoms with E-state index in [2.05, 4.69) is 10.9 Å². The van der Waals surface area contributed by atoms with E-state index in [1.165, 1.54) is 13.2 Å². The molecule has 146 valence electrons. The van der Waals surface area contributed by atoms with Gasteiger partial charge in [-0.2, -0.15) is 0 Å². The molecular weight excluding hydrogens is 364 g/mol. The number of carbonyl (C=O) groups is 3. The quantitative estimate of drug-likeness (QED) is 0.584. The minimum atomic E-state index is -0.502. The molecule has 1 heterocycles. The number of hydrogen-bond acceptors (Lipinski definition) is 6. The average Bonchev–Trinajstić information content (AvgIpc) is 3.17. The summed E-state index contributed by atoms with van der Waals surface area (Å²) in [7, 11) is 1.49. The number of fused-ring (bicyclic) bond motifs is 1. The number of rotatable bonds is 6. The Morgan fingerprint density at radius 2 is 1.79 bits per heavy atom. The van der Waals surface area contributed by atoms with Crippen LogP contribution in [0.25, 0.3) is 0 Å². The van der Waals surface area contributed by atoms with Crippen molar-refractivity contribution in [3.05, 3.63) is 53.1 Å². The van der Waals surface area contributed by atoms with E-state index < -0.39 is 11.8 Å². The first kappa shape index (κ1) is 19.2. The third-order valence-corrected chi connectivity index (χ3v) is 4.18. The molecule has 2 aromatic carbocycles. The van der Waals surface area contributed by atoms with Crippen molar-refractivity contribution in [3.63, 3.8) is 0 Å². The molecule has 2 amide bonds. The van der Waals surface area contributed by atoms with Crippen molar-refractivity contribution in [2.24, 2.45) is 0 Å². The summed E-state index contributed by atoms with van der Waals surface area (Å²) in [5.41, 5.74) is 6.28. The topological polar surface area (TPSA) is 103 Å². The molecule has 0 unspecified atom stereocenters. The third-order valence-electron chi connectivity index (χ3n) is 4.18. The molecule has 0 bridgehead atoms. The molecule has 3 rings (SSSR count). The van der Waals surface area contributed by atoms with Crippen LogP contribution in [0.1, 0.15) is 39.1 Å². The summed E-state index contributed by atoms with van der Waals surface area (Å²) < 4.78 is 15.6. The molecule has 0 saturated carbocycles. The van der Waals surface area contributed by atoms with Gasteiger partial charge in [-0.3, -0.25) is 25.2 Å². The zero-order chi connectivity index (χ0) is 20.1. The number of ether oxygens (including phenoxy) is 3. The maximum Gasteiger partial charge on any atom is 0.269 e. The Morgan fingerprint density at radius 3 is 2.57 bits per heavy atom. The van der Waals surface area contributed by atoms with Crippen molar-refractivity contribution in [2.75, 3.05) is 13.9 Å². The second kappa shape index (κ2) is 8.43. The molecule has 2 N–H and O–H groups in total. The van der Waals surface area contributed by atoms with Crippen LogP contribution in [0.5, 0.6) is 17.2 Å². The normalized spacial score (nSPS) is 11.6. The maximum absolute atomic E-state index is 12.4. The number of methoxy groups -OCH3 is 1. The van der Waals surface area contributed by atoms with E-state index in [4.69, 9.17) is 14.2 Å². The molecular formula is C20H20N2O6. The van der Waals surface area contributed by atoms with Crippen LogP contribution in [0.2, 0.25) is 0 Å². The molecule has 1 aliphatic heterocycles. The molecule has 0 aromatic heterocycles. The lowest BCUT2D eigenvalue weighted by molar-refractivity contribution is -0.121. The van der Waals surface area contributed by atoms with Gasteiger partial charge >= 0.3 is 0 Å². The predicted octanol–water partition coefficient (Wildman–Crippen LogP) is 2.16. The van der Waals surface area contributed by atoms with Crippen LogP contribution in [-0.4, -0.2) is 31.5 Å². The van der Waals surface area contributed by atoms with Gasteiger partial charge in [-0.15, -0.1) is 0 Å². The molecule has 1 aliphatic rings. The summed E-state index contributed by atoms with van der Waals surface area (Å²) in [5.74, 6) is 0.305. The SMILES string of the molecule is COc1ccc(C)cc1C(=O)CCC(=O)NNC(=O)c1ccc2c(c1)OCO2. The second-order valence-electron chi connectivity index (χ2n) is 6.20. The van der Waals surface area contributed by atoms with Crippen LogP contribution in [0.15, 0.2) is 36.4 Å². The Bertz CT molecular complexity index is 925. The first-order valence-corrected chi connectivity index (χ1v) is 8.64. The number of Topliss-reactive ketones (excluding diaryl/α,β-unsaturated/α-hetero) is 1. The first-order valence-electron chi connectivity index (χ1n) is 8.64. The van der Waals surface area contributed by atoms with Gasteiger partial charge in [0.15, 0.2) is 17.3 Å². The van der Waals surface area contributed by atoms with Crippen LogP contribution in [0.4, 0.5) is 0 Å². The summed E-state index contributed by atoms with van der Waals surface area (Å²) >= 11 is 0. The van der Waals surface area contributed by atoms with Crippen molar-refractivity contribution in [3.8, 4) is 17.2 Å². The van der Waals surface area contributed by atoms with Crippen LogP contribution in [-0.2, 0) is 4.79 Å². The van der Waals surface area contributed by atoms with E-state index >= 15 is 0 Å². The number of hydrazine groups is 1. The summed E-state index contributed by atoms with van der Waals surface area (Å²) in [6.45, 7) is 1.98. The Morgan fingerprint density at radius 1 is 1.00 bits per heavy atom. The molecule has 0 spiro atoms. The fourth-order valence-corrected chi connectivity index (χ4v) is 2.70. The zero-order valence-corrected chi connectivity index (χ0v) is 15.5. The molecule has 0 radical (unpaired) electrons. The van der Waals surface area contributed by atoms with Crippen LogP contribution >= 0.6 is 0 Å². The van der Waals surface area contributed by atoms with Crippen LogP contribution < -0.4 is 25.1 Å². The minimum Gasteiger partial charge on any atom is -0.496 e. The van der Waals surface area contributed by atoms with Crippen molar-refractivity contribution < 1.29 is 28.6 Å². The number of hydrogen-bond donors (Lipinski definition) is 2. The van der Waals surface area contributed by atoms with Crippen LogP contribution in [0, 0.1) is 6.92 Å². The number of carbonyl (C=O) groups excluding carboxylic acids is 3. The summed E-state index contributed by atoms with van der Waals surface area (Å²) in [6, 6.07) is 9.98. The summed E-state index contributed by atoms with van der Waals surface area (Å²) in [5, 5.41) is 0. The highest BCUT2D eigenvalue weighted by atomic mass is 16.7. The minimum absolute atomic E-state index is 0.00839. The second-order valence-corrected chi connectivity index (χ2v) is 6.20. The fraction of sp³-hybridized carbons (Fsp3) is 0.250. The van der Waals surface area contributed by atoms with E-state index in [9.17, 15) is 14.4 Å². The lowest BCUT2D eigenvalue weighted by atomic mass is 10.0. The highest BCUT2D eigenvalue weighted by molar-refractivity contribution is 6.01. The molecule has 2 aromatic rings. The highest BCUT2D eigenvalue weighted by Gasteiger charge is 2.17. The lowest BCUT2D eigenvalue weighted by Crippen LogP contribution is -2.41. The summed E-state index contributed by atoms with van der Waals surface area (Å²) in [6.07, 6.45) is -0.0805. The fourth-order valence-electron chi connectivity index (χ4n) is 2.70. The average molecular weight is 384 g/mol. The molecule has 8 nitrogen and oxygen atoms in total. The smallest absolute Gasteiger partial charge is 0.269 e. The predicted molar refractivity (Wildman–Crippen MR) is 99.5 cm³/mol. The van der Waals surface area contributed by atoms with E-state index in [1.807, 2.05) is 13.0 Å². The monoisotopic (exact) mass is 384 g/mol. The van der Waals surface area contributed by atoms with Gasteiger partial charge in [0.05, 0.1) is 12.7 Å². The Balaban J connectivity index is 1.50. The Kier molecular flexibility index (Phi) is 5.78. The molecule has 8 heteroatoms. The van der Waals surface area contributed by atoms with Crippen molar-refractivity contribution in [1.82, 2.24) is 10.9 Å².